The zero-order chi connectivity index (χ0) is 17.0. The van der Waals surface area contributed by atoms with Crippen LogP contribution in [0.5, 0.6) is 5.88 Å². The van der Waals surface area contributed by atoms with Gasteiger partial charge in [-0.1, -0.05) is 18.5 Å². The number of nitrogens with zero attached hydrogens (tertiary/aromatic N) is 2. The lowest BCUT2D eigenvalue weighted by Gasteiger charge is -2.20. The van der Waals surface area contributed by atoms with Crippen LogP contribution in [-0.4, -0.2) is 41.7 Å². The average Bonchev–Trinajstić information content (AvgIpc) is 2.69. The van der Waals surface area contributed by atoms with Crippen molar-refractivity contribution in [1.82, 2.24) is 9.88 Å². The van der Waals surface area contributed by atoms with Crippen LogP contribution in [0.15, 0.2) is 12.3 Å². The highest BCUT2D eigenvalue weighted by Gasteiger charge is 2.29. The molecule has 128 valence electrons. The van der Waals surface area contributed by atoms with Crippen LogP contribution in [0.4, 0.5) is 13.2 Å². The highest BCUT2D eigenvalue weighted by molar-refractivity contribution is 6.32. The second kappa shape index (κ2) is 7.38. The lowest BCUT2D eigenvalue weighted by molar-refractivity contribution is -0.154. The van der Waals surface area contributed by atoms with Gasteiger partial charge < -0.3 is 9.64 Å². The first kappa shape index (κ1) is 17.8. The summed E-state index contributed by atoms with van der Waals surface area (Å²) in [7, 11) is 0. The summed E-state index contributed by atoms with van der Waals surface area (Å²) in [4.78, 5) is 17.9. The molecule has 0 bridgehead atoms. The molecule has 1 saturated heterocycles. The lowest BCUT2D eigenvalue weighted by Crippen LogP contribution is -2.32. The third-order valence-electron chi connectivity index (χ3n) is 3.73. The predicted molar refractivity (Wildman–Crippen MR) is 79.7 cm³/mol. The van der Waals surface area contributed by atoms with Gasteiger partial charge in [0.15, 0.2) is 6.61 Å². The Morgan fingerprint density at radius 3 is 2.83 bits per heavy atom. The van der Waals surface area contributed by atoms with Crippen molar-refractivity contribution in [2.75, 3.05) is 19.7 Å². The number of amides is 1. The summed E-state index contributed by atoms with van der Waals surface area (Å²) in [6.07, 6.45) is -0.329. The molecule has 2 rings (SSSR count). The Bertz CT molecular complexity index is 566. The number of likely N-dealkylation sites (tertiary alicyclic amines) is 1. The minimum absolute atomic E-state index is 0.108. The summed E-state index contributed by atoms with van der Waals surface area (Å²) in [6, 6.07) is 1.30. The van der Waals surface area contributed by atoms with Crippen molar-refractivity contribution in [1.29, 1.82) is 0 Å². The average molecular weight is 351 g/mol. The lowest BCUT2D eigenvalue weighted by atomic mass is 10.0. The molecule has 0 aromatic carbocycles. The van der Waals surface area contributed by atoms with Gasteiger partial charge in [-0.2, -0.15) is 13.2 Å². The highest BCUT2D eigenvalue weighted by atomic mass is 35.5. The molecule has 0 spiro atoms. The molecular weight excluding hydrogens is 333 g/mol. The molecule has 8 heteroatoms. The van der Waals surface area contributed by atoms with E-state index in [0.717, 1.165) is 19.3 Å². The summed E-state index contributed by atoms with van der Waals surface area (Å²) in [5.74, 6) is 0.0357. The molecular formula is C15H18ClF3N2O2. The Balaban J connectivity index is 2.05. The molecule has 0 radical (unpaired) electrons. The summed E-state index contributed by atoms with van der Waals surface area (Å²) < 4.78 is 40.9. The van der Waals surface area contributed by atoms with Crippen molar-refractivity contribution in [2.24, 2.45) is 5.92 Å². The Kier molecular flexibility index (Phi) is 5.73. The van der Waals surface area contributed by atoms with Gasteiger partial charge in [0.2, 0.25) is 5.88 Å². The molecule has 0 saturated carbocycles. The quantitative estimate of drug-likeness (QED) is 0.829. The Morgan fingerprint density at radius 2 is 2.17 bits per heavy atom. The van der Waals surface area contributed by atoms with Crippen molar-refractivity contribution < 1.29 is 22.7 Å². The number of carbonyl (C=O) groups excluding carboxylic acids is 1. The van der Waals surface area contributed by atoms with Crippen LogP contribution in [0.25, 0.3) is 0 Å². The van der Waals surface area contributed by atoms with E-state index in [1.807, 2.05) is 0 Å². The number of alkyl halides is 3. The van der Waals surface area contributed by atoms with Gasteiger partial charge in [-0.25, -0.2) is 4.98 Å². The normalized spacial score (nSPS) is 19.3. The summed E-state index contributed by atoms with van der Waals surface area (Å²) in [6.45, 7) is 1.99. The van der Waals surface area contributed by atoms with E-state index in [4.69, 9.17) is 11.6 Å². The number of halogens is 4. The topological polar surface area (TPSA) is 42.4 Å². The maximum absolute atomic E-state index is 12.4. The third-order valence-corrected chi connectivity index (χ3v) is 4.00. The van der Waals surface area contributed by atoms with Crippen molar-refractivity contribution in [3.05, 3.63) is 22.8 Å². The van der Waals surface area contributed by atoms with Crippen LogP contribution < -0.4 is 4.74 Å². The number of carbonyl (C=O) groups is 1. The van der Waals surface area contributed by atoms with Crippen LogP contribution in [0.1, 0.15) is 36.5 Å². The zero-order valence-electron chi connectivity index (χ0n) is 12.7. The van der Waals surface area contributed by atoms with Gasteiger partial charge in [0.25, 0.3) is 5.91 Å². The summed E-state index contributed by atoms with van der Waals surface area (Å²) in [5.41, 5.74) is 0.254. The summed E-state index contributed by atoms with van der Waals surface area (Å²) >= 11 is 5.87. The van der Waals surface area contributed by atoms with Gasteiger partial charge in [-0.05, 0) is 31.2 Å². The van der Waals surface area contributed by atoms with E-state index in [2.05, 4.69) is 16.6 Å². The molecule has 4 nitrogen and oxygen atoms in total. The fourth-order valence-corrected chi connectivity index (χ4v) is 2.67. The maximum Gasteiger partial charge on any atom is 0.422 e. The number of hydrogen-bond donors (Lipinski definition) is 0. The number of rotatable bonds is 3. The standard InChI is InChI=1S/C15H18ClF3N2O2/c1-10-3-2-5-21(6-4-10)14(22)11-7-12(16)13(20-8-11)23-9-15(17,18)19/h7-8,10H,2-6,9H2,1H3/t10-/m1/s1. The number of pyridine rings is 1. The Morgan fingerprint density at radius 1 is 1.43 bits per heavy atom. The Hall–Kier alpha value is -1.50. The predicted octanol–water partition coefficient (Wildman–Crippen LogP) is 3.94. The van der Waals surface area contributed by atoms with Crippen molar-refractivity contribution in [2.45, 2.75) is 32.4 Å². The van der Waals surface area contributed by atoms with E-state index in [0.29, 0.717) is 19.0 Å². The molecule has 1 aromatic heterocycles. The highest BCUT2D eigenvalue weighted by Crippen LogP contribution is 2.26. The first-order valence-corrected chi connectivity index (χ1v) is 7.78. The molecule has 1 fully saturated rings. The van der Waals surface area contributed by atoms with Crippen molar-refractivity contribution >= 4 is 17.5 Å². The van der Waals surface area contributed by atoms with Gasteiger partial charge in [-0.3, -0.25) is 4.79 Å². The van der Waals surface area contributed by atoms with E-state index in [1.165, 1.54) is 12.3 Å². The smallest absolute Gasteiger partial charge is 0.422 e. The molecule has 1 aliphatic rings. The minimum Gasteiger partial charge on any atom is -0.467 e. The van der Waals surface area contributed by atoms with Gasteiger partial charge in [0.1, 0.15) is 5.02 Å². The molecule has 1 atom stereocenters. The van der Waals surface area contributed by atoms with Crippen LogP contribution in [0.2, 0.25) is 5.02 Å². The van der Waals surface area contributed by atoms with E-state index < -0.39 is 12.8 Å². The van der Waals surface area contributed by atoms with Gasteiger partial charge >= 0.3 is 6.18 Å². The minimum atomic E-state index is -4.47. The molecule has 1 aromatic rings. The van der Waals surface area contributed by atoms with Crippen molar-refractivity contribution in [3.8, 4) is 5.88 Å². The second-order valence-electron chi connectivity index (χ2n) is 5.74. The second-order valence-corrected chi connectivity index (χ2v) is 6.15. The third kappa shape index (κ3) is 5.27. The molecule has 1 amide bonds. The zero-order valence-corrected chi connectivity index (χ0v) is 13.5. The van der Waals surface area contributed by atoms with Gasteiger partial charge in [0, 0.05) is 19.3 Å². The molecule has 1 aliphatic heterocycles. The maximum atomic E-state index is 12.4. The van der Waals surface area contributed by atoms with Gasteiger partial charge in [0.05, 0.1) is 5.56 Å². The SMILES string of the molecule is C[C@@H]1CCCN(C(=O)c2cnc(OCC(F)(F)F)c(Cl)c2)CC1. The number of hydrogen-bond acceptors (Lipinski definition) is 3. The van der Waals surface area contributed by atoms with Crippen LogP contribution >= 0.6 is 11.6 Å². The van der Waals surface area contributed by atoms with Crippen LogP contribution in [-0.2, 0) is 0 Å². The summed E-state index contributed by atoms with van der Waals surface area (Å²) in [5, 5.41) is -0.108. The molecule has 2 heterocycles. The van der Waals surface area contributed by atoms with Crippen LogP contribution in [0.3, 0.4) is 0 Å². The molecule has 0 aliphatic carbocycles. The van der Waals surface area contributed by atoms with Crippen molar-refractivity contribution in [3.63, 3.8) is 0 Å². The fraction of sp³-hybridized carbons (Fsp3) is 0.600. The number of aromatic nitrogens is 1. The molecule has 23 heavy (non-hydrogen) atoms. The van der Waals surface area contributed by atoms with E-state index in [9.17, 15) is 18.0 Å². The largest absolute Gasteiger partial charge is 0.467 e. The first-order chi connectivity index (χ1) is 10.8. The van der Waals surface area contributed by atoms with E-state index >= 15 is 0 Å². The first-order valence-electron chi connectivity index (χ1n) is 7.40. The fourth-order valence-electron chi connectivity index (χ4n) is 2.45. The number of ether oxygens (including phenoxy) is 1. The monoisotopic (exact) mass is 350 g/mol. The van der Waals surface area contributed by atoms with E-state index in [1.54, 1.807) is 4.90 Å². The van der Waals surface area contributed by atoms with Gasteiger partial charge in [-0.15, -0.1) is 0 Å². The molecule has 0 N–H and O–H groups in total. The Labute approximate surface area is 137 Å². The van der Waals surface area contributed by atoms with Crippen LogP contribution in [0, 0.1) is 5.92 Å². The molecule has 0 unspecified atom stereocenters. The van der Waals surface area contributed by atoms with E-state index in [-0.39, 0.29) is 22.4 Å².